The SMILES string of the molecule is COc1cccc(-c2nc(C)c(C3CCNCC3)c(C)n2)c1. The fourth-order valence-corrected chi connectivity index (χ4v) is 3.32. The van der Waals surface area contributed by atoms with E-state index < -0.39 is 0 Å². The maximum absolute atomic E-state index is 5.29. The monoisotopic (exact) mass is 297 g/mol. The fraction of sp³-hybridized carbons (Fsp3) is 0.444. The number of ether oxygens (including phenoxy) is 1. The zero-order chi connectivity index (χ0) is 15.5. The Kier molecular flexibility index (Phi) is 4.39. The molecule has 22 heavy (non-hydrogen) atoms. The van der Waals surface area contributed by atoms with Crippen LogP contribution in [0.25, 0.3) is 11.4 Å². The summed E-state index contributed by atoms with van der Waals surface area (Å²) in [7, 11) is 1.68. The van der Waals surface area contributed by atoms with Crippen molar-refractivity contribution >= 4 is 0 Å². The van der Waals surface area contributed by atoms with E-state index in [9.17, 15) is 0 Å². The van der Waals surface area contributed by atoms with Gasteiger partial charge >= 0.3 is 0 Å². The van der Waals surface area contributed by atoms with E-state index in [0.717, 1.165) is 41.6 Å². The van der Waals surface area contributed by atoms with Crippen LogP contribution < -0.4 is 10.1 Å². The van der Waals surface area contributed by atoms with Gasteiger partial charge in [-0.25, -0.2) is 9.97 Å². The lowest BCUT2D eigenvalue weighted by Gasteiger charge is -2.25. The van der Waals surface area contributed by atoms with Crippen LogP contribution in [-0.4, -0.2) is 30.2 Å². The summed E-state index contributed by atoms with van der Waals surface area (Å²) in [6.07, 6.45) is 2.34. The predicted molar refractivity (Wildman–Crippen MR) is 88.3 cm³/mol. The van der Waals surface area contributed by atoms with Gasteiger partial charge in [-0.15, -0.1) is 0 Å². The van der Waals surface area contributed by atoms with Gasteiger partial charge in [-0.2, -0.15) is 0 Å². The average molecular weight is 297 g/mol. The maximum atomic E-state index is 5.29. The van der Waals surface area contributed by atoms with Gasteiger partial charge in [0, 0.05) is 17.0 Å². The quantitative estimate of drug-likeness (QED) is 0.945. The van der Waals surface area contributed by atoms with E-state index in [4.69, 9.17) is 14.7 Å². The Morgan fingerprint density at radius 1 is 1.09 bits per heavy atom. The number of benzene rings is 1. The van der Waals surface area contributed by atoms with Crippen LogP contribution in [0.15, 0.2) is 24.3 Å². The van der Waals surface area contributed by atoms with Crippen molar-refractivity contribution in [3.8, 4) is 17.1 Å². The van der Waals surface area contributed by atoms with Gasteiger partial charge in [-0.1, -0.05) is 12.1 Å². The average Bonchev–Trinajstić information content (AvgIpc) is 2.55. The van der Waals surface area contributed by atoms with E-state index in [0.29, 0.717) is 5.92 Å². The molecule has 3 rings (SSSR count). The molecule has 0 atom stereocenters. The molecule has 1 N–H and O–H groups in total. The molecule has 2 heterocycles. The van der Waals surface area contributed by atoms with E-state index >= 15 is 0 Å². The lowest BCUT2D eigenvalue weighted by molar-refractivity contribution is 0.415. The molecule has 1 aromatic heterocycles. The summed E-state index contributed by atoms with van der Waals surface area (Å²) in [6.45, 7) is 6.38. The molecule has 1 aliphatic heterocycles. The van der Waals surface area contributed by atoms with Crippen LogP contribution >= 0.6 is 0 Å². The molecule has 1 aliphatic rings. The van der Waals surface area contributed by atoms with Gasteiger partial charge in [0.25, 0.3) is 0 Å². The molecule has 0 spiro atoms. The second-order valence-corrected chi connectivity index (χ2v) is 5.89. The molecule has 0 aliphatic carbocycles. The molecule has 116 valence electrons. The summed E-state index contributed by atoms with van der Waals surface area (Å²) < 4.78 is 5.29. The van der Waals surface area contributed by atoms with Crippen LogP contribution in [0.5, 0.6) is 5.75 Å². The Hall–Kier alpha value is -1.94. The summed E-state index contributed by atoms with van der Waals surface area (Å²) in [5, 5.41) is 3.42. The third-order valence-electron chi connectivity index (χ3n) is 4.40. The summed E-state index contributed by atoms with van der Waals surface area (Å²) in [6, 6.07) is 7.93. The minimum atomic E-state index is 0.584. The number of aryl methyl sites for hydroxylation is 2. The minimum Gasteiger partial charge on any atom is -0.497 e. The molecule has 0 radical (unpaired) electrons. The standard InChI is InChI=1S/C18H23N3O/c1-12-17(14-7-9-19-10-8-14)13(2)21-18(20-12)15-5-4-6-16(11-15)22-3/h4-6,11,14,19H,7-10H2,1-3H3. The first-order chi connectivity index (χ1) is 10.7. The molecule has 1 saturated heterocycles. The Bertz CT molecular complexity index is 640. The summed E-state index contributed by atoms with van der Waals surface area (Å²) >= 11 is 0. The third-order valence-corrected chi connectivity index (χ3v) is 4.40. The van der Waals surface area contributed by atoms with E-state index in [1.54, 1.807) is 7.11 Å². The molecule has 0 unspecified atom stereocenters. The van der Waals surface area contributed by atoms with Crippen LogP contribution in [0, 0.1) is 13.8 Å². The van der Waals surface area contributed by atoms with Gasteiger partial charge in [-0.05, 0) is 63.4 Å². The highest BCUT2D eigenvalue weighted by Crippen LogP contribution is 2.31. The van der Waals surface area contributed by atoms with Crippen LogP contribution in [-0.2, 0) is 0 Å². The number of nitrogens with zero attached hydrogens (tertiary/aromatic N) is 2. The third kappa shape index (κ3) is 2.97. The van der Waals surface area contributed by atoms with E-state index in [1.165, 1.54) is 18.4 Å². The Balaban J connectivity index is 1.97. The first-order valence-corrected chi connectivity index (χ1v) is 7.89. The molecule has 4 heteroatoms. The van der Waals surface area contributed by atoms with Crippen molar-refractivity contribution in [3.63, 3.8) is 0 Å². The molecule has 2 aromatic rings. The van der Waals surface area contributed by atoms with Crippen LogP contribution in [0.4, 0.5) is 0 Å². The summed E-state index contributed by atoms with van der Waals surface area (Å²) in [4.78, 5) is 9.54. The number of piperidine rings is 1. The van der Waals surface area contributed by atoms with Crippen molar-refractivity contribution in [1.29, 1.82) is 0 Å². The summed E-state index contributed by atoms with van der Waals surface area (Å²) in [5.74, 6) is 2.20. The van der Waals surface area contributed by atoms with Crippen molar-refractivity contribution in [2.75, 3.05) is 20.2 Å². The second kappa shape index (κ2) is 6.44. The highest BCUT2D eigenvalue weighted by molar-refractivity contribution is 5.58. The van der Waals surface area contributed by atoms with Gasteiger partial charge < -0.3 is 10.1 Å². The Morgan fingerprint density at radius 2 is 1.77 bits per heavy atom. The molecule has 0 bridgehead atoms. The largest absolute Gasteiger partial charge is 0.497 e. The zero-order valence-electron chi connectivity index (χ0n) is 13.5. The van der Waals surface area contributed by atoms with Crippen molar-refractivity contribution in [2.45, 2.75) is 32.6 Å². The van der Waals surface area contributed by atoms with Crippen LogP contribution in [0.3, 0.4) is 0 Å². The molecule has 0 saturated carbocycles. The topological polar surface area (TPSA) is 47.0 Å². The summed E-state index contributed by atoms with van der Waals surface area (Å²) in [5.41, 5.74) is 4.56. The lowest BCUT2D eigenvalue weighted by Crippen LogP contribution is -2.27. The minimum absolute atomic E-state index is 0.584. The Morgan fingerprint density at radius 3 is 2.41 bits per heavy atom. The van der Waals surface area contributed by atoms with Gasteiger partial charge in [0.05, 0.1) is 7.11 Å². The second-order valence-electron chi connectivity index (χ2n) is 5.89. The van der Waals surface area contributed by atoms with Gasteiger partial charge in [0.1, 0.15) is 5.75 Å². The predicted octanol–water partition coefficient (Wildman–Crippen LogP) is 3.24. The van der Waals surface area contributed by atoms with Crippen LogP contribution in [0.1, 0.15) is 35.7 Å². The van der Waals surface area contributed by atoms with Gasteiger partial charge in [0.2, 0.25) is 0 Å². The number of rotatable bonds is 3. The van der Waals surface area contributed by atoms with E-state index in [2.05, 4.69) is 19.2 Å². The van der Waals surface area contributed by atoms with Crippen molar-refractivity contribution in [3.05, 3.63) is 41.2 Å². The van der Waals surface area contributed by atoms with Crippen molar-refractivity contribution < 1.29 is 4.74 Å². The molecule has 1 aromatic carbocycles. The first kappa shape index (κ1) is 15.0. The zero-order valence-corrected chi connectivity index (χ0v) is 13.5. The normalized spacial score (nSPS) is 15.8. The Labute approximate surface area is 132 Å². The lowest BCUT2D eigenvalue weighted by atomic mass is 9.88. The molecule has 1 fully saturated rings. The molecule has 4 nitrogen and oxygen atoms in total. The fourth-order valence-electron chi connectivity index (χ4n) is 3.32. The number of hydrogen-bond donors (Lipinski definition) is 1. The molecular weight excluding hydrogens is 274 g/mol. The number of nitrogens with one attached hydrogen (secondary N) is 1. The van der Waals surface area contributed by atoms with E-state index in [1.807, 2.05) is 24.3 Å². The van der Waals surface area contributed by atoms with Crippen LogP contribution in [0.2, 0.25) is 0 Å². The highest BCUT2D eigenvalue weighted by atomic mass is 16.5. The van der Waals surface area contributed by atoms with E-state index in [-0.39, 0.29) is 0 Å². The first-order valence-electron chi connectivity index (χ1n) is 7.89. The number of aromatic nitrogens is 2. The number of methoxy groups -OCH3 is 1. The highest BCUT2D eigenvalue weighted by Gasteiger charge is 2.21. The van der Waals surface area contributed by atoms with Gasteiger partial charge in [0.15, 0.2) is 5.82 Å². The smallest absolute Gasteiger partial charge is 0.159 e. The molecular formula is C18H23N3O. The molecule has 0 amide bonds. The van der Waals surface area contributed by atoms with Gasteiger partial charge in [-0.3, -0.25) is 0 Å². The number of hydrogen-bond acceptors (Lipinski definition) is 4. The van der Waals surface area contributed by atoms with Crippen molar-refractivity contribution in [2.24, 2.45) is 0 Å². The maximum Gasteiger partial charge on any atom is 0.159 e. The van der Waals surface area contributed by atoms with Crippen molar-refractivity contribution in [1.82, 2.24) is 15.3 Å².